The molecule has 6 heteroatoms. The molecule has 0 bridgehead atoms. The second-order valence-electron chi connectivity index (χ2n) is 5.08. The first kappa shape index (κ1) is 18.9. The van der Waals surface area contributed by atoms with E-state index in [2.05, 4.69) is 9.98 Å². The van der Waals surface area contributed by atoms with Gasteiger partial charge in [0, 0.05) is 40.5 Å². The maximum atomic E-state index is 5.51. The molecule has 0 aliphatic heterocycles. The summed E-state index contributed by atoms with van der Waals surface area (Å²) in [4.78, 5) is 12.8. The number of hydrogen-bond acceptors (Lipinski definition) is 3. The van der Waals surface area contributed by atoms with Gasteiger partial charge in [-0.3, -0.25) is 0 Å². The minimum atomic E-state index is 0. The van der Waals surface area contributed by atoms with Crippen molar-refractivity contribution in [3.05, 3.63) is 23.9 Å². The van der Waals surface area contributed by atoms with Crippen LogP contribution in [0.3, 0.4) is 0 Å². The predicted molar refractivity (Wildman–Crippen MR) is 93.9 cm³/mol. The molecule has 0 aliphatic rings. The summed E-state index contributed by atoms with van der Waals surface area (Å²) < 4.78 is 5.51. The average molecular weight is 392 g/mol. The molecule has 0 saturated carbocycles. The van der Waals surface area contributed by atoms with Crippen LogP contribution in [0.2, 0.25) is 0 Å². The minimum Gasteiger partial charge on any atom is -0.475 e. The second kappa shape index (κ2) is 8.99. The van der Waals surface area contributed by atoms with Crippen molar-refractivity contribution in [2.45, 2.75) is 26.5 Å². The summed E-state index contributed by atoms with van der Waals surface area (Å²) >= 11 is 0. The zero-order valence-corrected chi connectivity index (χ0v) is 15.5. The van der Waals surface area contributed by atoms with E-state index in [0.717, 1.165) is 11.5 Å². The molecular weight excluding hydrogens is 367 g/mol. The van der Waals surface area contributed by atoms with Crippen molar-refractivity contribution in [1.82, 2.24) is 14.8 Å². The van der Waals surface area contributed by atoms with Crippen molar-refractivity contribution in [2.24, 2.45) is 4.99 Å². The van der Waals surface area contributed by atoms with Gasteiger partial charge in [0.25, 0.3) is 0 Å². The summed E-state index contributed by atoms with van der Waals surface area (Å²) in [7, 11) is 7.93. The fourth-order valence-electron chi connectivity index (χ4n) is 1.66. The fraction of sp³-hybridized carbons (Fsp3) is 0.571. The first-order valence-electron chi connectivity index (χ1n) is 6.41. The highest BCUT2D eigenvalue weighted by atomic mass is 127. The molecule has 0 saturated heterocycles. The molecule has 0 radical (unpaired) electrons. The topological polar surface area (TPSA) is 41.0 Å². The zero-order valence-electron chi connectivity index (χ0n) is 13.1. The molecule has 0 N–H and O–H groups in total. The summed E-state index contributed by atoms with van der Waals surface area (Å²) in [5.41, 5.74) is 1.07. The minimum absolute atomic E-state index is 0. The van der Waals surface area contributed by atoms with Crippen LogP contribution in [-0.4, -0.2) is 55.0 Å². The molecule has 0 aromatic carbocycles. The van der Waals surface area contributed by atoms with Crippen LogP contribution < -0.4 is 4.74 Å². The van der Waals surface area contributed by atoms with Crippen LogP contribution in [0.1, 0.15) is 19.4 Å². The number of aromatic nitrogens is 1. The normalized spacial score (nSPS) is 9.75. The van der Waals surface area contributed by atoms with E-state index in [0.29, 0.717) is 12.4 Å². The van der Waals surface area contributed by atoms with Crippen LogP contribution in [0.25, 0.3) is 0 Å². The number of guanidine groups is 1. The molecule has 20 heavy (non-hydrogen) atoms. The van der Waals surface area contributed by atoms with E-state index in [4.69, 9.17) is 4.74 Å². The number of halogens is 1. The van der Waals surface area contributed by atoms with Crippen molar-refractivity contribution >= 4 is 29.9 Å². The summed E-state index contributed by atoms with van der Waals surface area (Å²) in [6, 6.07) is 3.88. The largest absolute Gasteiger partial charge is 0.475 e. The number of ether oxygens (including phenoxy) is 1. The molecule has 1 aromatic heterocycles. The number of rotatable bonds is 4. The number of aliphatic imine (C=N–C) groups is 1. The smallest absolute Gasteiger partial charge is 0.213 e. The molecule has 1 rings (SSSR count). The van der Waals surface area contributed by atoms with E-state index >= 15 is 0 Å². The molecule has 1 aromatic rings. The highest BCUT2D eigenvalue weighted by Gasteiger charge is 2.04. The van der Waals surface area contributed by atoms with E-state index in [1.165, 1.54) is 0 Å². The van der Waals surface area contributed by atoms with Crippen LogP contribution >= 0.6 is 24.0 Å². The summed E-state index contributed by atoms with van der Waals surface area (Å²) in [6.07, 6.45) is 1.95. The Morgan fingerprint density at radius 1 is 1.20 bits per heavy atom. The van der Waals surface area contributed by atoms with Crippen molar-refractivity contribution in [1.29, 1.82) is 0 Å². The van der Waals surface area contributed by atoms with Gasteiger partial charge < -0.3 is 14.5 Å². The van der Waals surface area contributed by atoms with E-state index in [1.54, 1.807) is 0 Å². The Bertz CT molecular complexity index is 406. The lowest BCUT2D eigenvalue weighted by Crippen LogP contribution is -2.35. The average Bonchev–Trinajstić information content (AvgIpc) is 2.29. The standard InChI is InChI=1S/C14H24N4O.HI/c1-11(2)19-13-8-7-12(9-15-13)10-16-14(17(3)4)18(5)6;/h7-9,11H,10H2,1-6H3;1H. The van der Waals surface area contributed by atoms with Gasteiger partial charge in [0.05, 0.1) is 12.6 Å². The van der Waals surface area contributed by atoms with Crippen LogP contribution in [0.5, 0.6) is 5.88 Å². The molecule has 0 amide bonds. The van der Waals surface area contributed by atoms with Crippen LogP contribution in [0, 0.1) is 0 Å². The van der Waals surface area contributed by atoms with Gasteiger partial charge >= 0.3 is 0 Å². The Balaban J connectivity index is 0.00000361. The third-order valence-electron chi connectivity index (χ3n) is 2.36. The van der Waals surface area contributed by atoms with Crippen LogP contribution in [0.4, 0.5) is 0 Å². The lowest BCUT2D eigenvalue weighted by atomic mass is 10.3. The van der Waals surface area contributed by atoms with Gasteiger partial charge in [-0.15, -0.1) is 24.0 Å². The van der Waals surface area contributed by atoms with Gasteiger partial charge in [-0.25, -0.2) is 9.98 Å². The Labute approximate surface area is 139 Å². The Hall–Kier alpha value is -1.05. The quantitative estimate of drug-likeness (QED) is 0.449. The first-order valence-corrected chi connectivity index (χ1v) is 6.41. The lowest BCUT2D eigenvalue weighted by molar-refractivity contribution is 0.232. The Kier molecular flexibility index (Phi) is 8.52. The van der Waals surface area contributed by atoms with Gasteiger partial charge in [0.15, 0.2) is 5.96 Å². The SMILES string of the molecule is CC(C)Oc1ccc(CN=C(N(C)C)N(C)C)cn1.I. The molecule has 1 heterocycles. The van der Waals surface area contributed by atoms with Gasteiger partial charge in [-0.1, -0.05) is 6.07 Å². The van der Waals surface area contributed by atoms with Gasteiger partial charge in [-0.2, -0.15) is 0 Å². The molecule has 5 nitrogen and oxygen atoms in total. The first-order chi connectivity index (χ1) is 8.90. The number of nitrogens with zero attached hydrogens (tertiary/aromatic N) is 4. The molecule has 114 valence electrons. The van der Waals surface area contributed by atoms with E-state index in [9.17, 15) is 0 Å². The maximum Gasteiger partial charge on any atom is 0.213 e. The van der Waals surface area contributed by atoms with E-state index in [1.807, 2.05) is 70.2 Å². The predicted octanol–water partition coefficient (Wildman–Crippen LogP) is 2.47. The van der Waals surface area contributed by atoms with Crippen LogP contribution in [-0.2, 0) is 6.54 Å². The van der Waals surface area contributed by atoms with Gasteiger partial charge in [0.1, 0.15) is 0 Å². The van der Waals surface area contributed by atoms with Crippen molar-refractivity contribution < 1.29 is 4.74 Å². The number of pyridine rings is 1. The Morgan fingerprint density at radius 3 is 2.20 bits per heavy atom. The van der Waals surface area contributed by atoms with Gasteiger partial charge in [-0.05, 0) is 19.4 Å². The van der Waals surface area contributed by atoms with Crippen molar-refractivity contribution in [3.63, 3.8) is 0 Å². The van der Waals surface area contributed by atoms with Crippen molar-refractivity contribution in [2.75, 3.05) is 28.2 Å². The zero-order chi connectivity index (χ0) is 14.4. The highest BCUT2D eigenvalue weighted by Crippen LogP contribution is 2.10. The van der Waals surface area contributed by atoms with Gasteiger partial charge in [0.2, 0.25) is 5.88 Å². The van der Waals surface area contributed by atoms with Crippen LogP contribution in [0.15, 0.2) is 23.3 Å². The lowest BCUT2D eigenvalue weighted by Gasteiger charge is -2.22. The van der Waals surface area contributed by atoms with Crippen molar-refractivity contribution in [3.8, 4) is 5.88 Å². The summed E-state index contributed by atoms with van der Waals surface area (Å²) in [5.74, 6) is 1.59. The highest BCUT2D eigenvalue weighted by molar-refractivity contribution is 14.0. The maximum absolute atomic E-state index is 5.51. The molecule has 0 fully saturated rings. The fourth-order valence-corrected chi connectivity index (χ4v) is 1.66. The second-order valence-corrected chi connectivity index (χ2v) is 5.08. The Morgan fingerprint density at radius 2 is 1.80 bits per heavy atom. The summed E-state index contributed by atoms with van der Waals surface area (Å²) in [6.45, 7) is 4.58. The molecule has 0 aliphatic carbocycles. The number of hydrogen-bond donors (Lipinski definition) is 0. The molecule has 0 atom stereocenters. The molecule has 0 unspecified atom stereocenters. The summed E-state index contributed by atoms with van der Waals surface area (Å²) in [5, 5.41) is 0. The third kappa shape index (κ3) is 6.40. The molecular formula is C14H25IN4O. The molecule has 0 spiro atoms. The van der Waals surface area contributed by atoms with E-state index in [-0.39, 0.29) is 30.1 Å². The third-order valence-corrected chi connectivity index (χ3v) is 2.36. The van der Waals surface area contributed by atoms with E-state index < -0.39 is 0 Å². The monoisotopic (exact) mass is 392 g/mol.